The van der Waals surface area contributed by atoms with E-state index < -0.39 is 0 Å². The van der Waals surface area contributed by atoms with Crippen molar-refractivity contribution in [1.29, 1.82) is 0 Å². The summed E-state index contributed by atoms with van der Waals surface area (Å²) < 4.78 is 0. The summed E-state index contributed by atoms with van der Waals surface area (Å²) in [6.45, 7) is 3.71. The highest BCUT2D eigenvalue weighted by Gasteiger charge is 2.15. The fourth-order valence-corrected chi connectivity index (χ4v) is 2.23. The molecule has 0 bridgehead atoms. The molecule has 76 valence electrons. The van der Waals surface area contributed by atoms with Crippen molar-refractivity contribution in [3.63, 3.8) is 0 Å². The summed E-state index contributed by atoms with van der Waals surface area (Å²) in [6.07, 6.45) is 12.6. The van der Waals surface area contributed by atoms with E-state index in [0.29, 0.717) is 6.04 Å². The van der Waals surface area contributed by atoms with Crippen LogP contribution in [0.5, 0.6) is 0 Å². The van der Waals surface area contributed by atoms with Crippen LogP contribution in [0.25, 0.3) is 0 Å². The van der Waals surface area contributed by atoms with Crippen LogP contribution in [0, 0.1) is 5.92 Å². The van der Waals surface area contributed by atoms with Gasteiger partial charge in [0.25, 0.3) is 0 Å². The molecular weight excluding hydrogens is 158 g/mol. The van der Waals surface area contributed by atoms with Crippen molar-refractivity contribution in [1.82, 2.24) is 0 Å². The van der Waals surface area contributed by atoms with Gasteiger partial charge in [-0.2, -0.15) is 0 Å². The molecule has 0 heterocycles. The number of nitrogens with two attached hydrogens (primary N) is 1. The standard InChI is InChI=1S/C12H23N/c1-2-3-8-12(13)10-9-11-6-4-5-7-11/h2,11-12H,1,3-10,13H2. The molecule has 1 fully saturated rings. The zero-order valence-electron chi connectivity index (χ0n) is 8.67. The highest BCUT2D eigenvalue weighted by molar-refractivity contribution is 4.74. The van der Waals surface area contributed by atoms with E-state index in [1.807, 2.05) is 6.08 Å². The minimum atomic E-state index is 0.415. The first-order valence-corrected chi connectivity index (χ1v) is 5.69. The molecule has 1 heteroatoms. The monoisotopic (exact) mass is 181 g/mol. The fraction of sp³-hybridized carbons (Fsp3) is 0.833. The third kappa shape index (κ3) is 4.47. The van der Waals surface area contributed by atoms with E-state index in [-0.39, 0.29) is 0 Å². The quantitative estimate of drug-likeness (QED) is 0.625. The number of rotatable bonds is 6. The van der Waals surface area contributed by atoms with Crippen LogP contribution < -0.4 is 5.73 Å². The topological polar surface area (TPSA) is 26.0 Å². The molecule has 0 saturated heterocycles. The normalized spacial score (nSPS) is 20.4. The second-order valence-corrected chi connectivity index (χ2v) is 4.35. The smallest absolute Gasteiger partial charge is 0.00418 e. The van der Waals surface area contributed by atoms with Crippen molar-refractivity contribution in [2.24, 2.45) is 11.7 Å². The van der Waals surface area contributed by atoms with Gasteiger partial charge in [-0.15, -0.1) is 6.58 Å². The van der Waals surface area contributed by atoms with Crippen LogP contribution >= 0.6 is 0 Å². The lowest BCUT2D eigenvalue weighted by Gasteiger charge is -2.13. The average Bonchev–Trinajstić information content (AvgIpc) is 2.64. The Labute approximate surface area is 82.4 Å². The predicted molar refractivity (Wildman–Crippen MR) is 58.6 cm³/mol. The summed E-state index contributed by atoms with van der Waals surface area (Å²) in [4.78, 5) is 0. The predicted octanol–water partition coefficient (Wildman–Crippen LogP) is 3.25. The minimum absolute atomic E-state index is 0.415. The van der Waals surface area contributed by atoms with Crippen molar-refractivity contribution in [3.8, 4) is 0 Å². The summed E-state index contributed by atoms with van der Waals surface area (Å²) in [7, 11) is 0. The third-order valence-electron chi connectivity index (χ3n) is 3.16. The summed E-state index contributed by atoms with van der Waals surface area (Å²) >= 11 is 0. The van der Waals surface area contributed by atoms with Gasteiger partial charge in [-0.25, -0.2) is 0 Å². The molecule has 0 aromatic carbocycles. The van der Waals surface area contributed by atoms with Gasteiger partial charge in [0.15, 0.2) is 0 Å². The summed E-state index contributed by atoms with van der Waals surface area (Å²) in [5.41, 5.74) is 5.99. The van der Waals surface area contributed by atoms with Crippen LogP contribution in [-0.4, -0.2) is 6.04 Å². The first-order valence-electron chi connectivity index (χ1n) is 5.69. The fourth-order valence-electron chi connectivity index (χ4n) is 2.23. The zero-order chi connectivity index (χ0) is 9.52. The molecule has 0 spiro atoms. The first kappa shape index (κ1) is 10.8. The largest absolute Gasteiger partial charge is 0.328 e. The van der Waals surface area contributed by atoms with E-state index in [4.69, 9.17) is 5.73 Å². The SMILES string of the molecule is C=CCCC(N)CCC1CCCC1. The van der Waals surface area contributed by atoms with Gasteiger partial charge in [0, 0.05) is 6.04 Å². The molecule has 1 rings (SSSR count). The maximum atomic E-state index is 5.99. The number of hydrogen-bond donors (Lipinski definition) is 1. The number of allylic oxidation sites excluding steroid dienone is 1. The van der Waals surface area contributed by atoms with Crippen molar-refractivity contribution in [2.75, 3.05) is 0 Å². The van der Waals surface area contributed by atoms with Crippen molar-refractivity contribution >= 4 is 0 Å². The molecule has 1 nitrogen and oxygen atoms in total. The molecule has 1 saturated carbocycles. The van der Waals surface area contributed by atoms with Crippen molar-refractivity contribution < 1.29 is 0 Å². The van der Waals surface area contributed by atoms with Crippen LogP contribution in [0.1, 0.15) is 51.4 Å². The molecule has 1 unspecified atom stereocenters. The van der Waals surface area contributed by atoms with E-state index in [1.165, 1.54) is 38.5 Å². The molecule has 1 aliphatic carbocycles. The van der Waals surface area contributed by atoms with Crippen molar-refractivity contribution in [2.45, 2.75) is 57.4 Å². The maximum absolute atomic E-state index is 5.99. The summed E-state index contributed by atoms with van der Waals surface area (Å²) in [5, 5.41) is 0. The molecule has 0 aliphatic heterocycles. The van der Waals surface area contributed by atoms with Crippen LogP contribution in [0.4, 0.5) is 0 Å². The molecule has 0 aromatic heterocycles. The Balaban J connectivity index is 1.99. The van der Waals surface area contributed by atoms with Gasteiger partial charge in [-0.1, -0.05) is 31.8 Å². The molecule has 2 N–H and O–H groups in total. The molecule has 0 amide bonds. The van der Waals surface area contributed by atoms with Crippen LogP contribution in [0.15, 0.2) is 12.7 Å². The lowest BCUT2D eigenvalue weighted by Crippen LogP contribution is -2.20. The summed E-state index contributed by atoms with van der Waals surface area (Å²) in [5.74, 6) is 0.995. The Morgan fingerprint density at radius 2 is 2.00 bits per heavy atom. The lowest BCUT2D eigenvalue weighted by molar-refractivity contribution is 0.439. The van der Waals surface area contributed by atoms with E-state index in [2.05, 4.69) is 6.58 Å². The second-order valence-electron chi connectivity index (χ2n) is 4.35. The molecule has 0 aromatic rings. The van der Waals surface area contributed by atoms with E-state index >= 15 is 0 Å². The van der Waals surface area contributed by atoms with E-state index in [9.17, 15) is 0 Å². The van der Waals surface area contributed by atoms with E-state index in [1.54, 1.807) is 0 Å². The highest BCUT2D eigenvalue weighted by atomic mass is 14.6. The van der Waals surface area contributed by atoms with Crippen LogP contribution in [0.3, 0.4) is 0 Å². The Kier molecular flexibility index (Phi) is 5.14. The Bertz CT molecular complexity index is 136. The zero-order valence-corrected chi connectivity index (χ0v) is 8.67. The Hall–Kier alpha value is -0.300. The van der Waals surface area contributed by atoms with Gasteiger partial charge in [-0.05, 0) is 31.6 Å². The van der Waals surface area contributed by atoms with Gasteiger partial charge >= 0.3 is 0 Å². The average molecular weight is 181 g/mol. The van der Waals surface area contributed by atoms with Gasteiger partial charge in [0.05, 0.1) is 0 Å². The molecular formula is C12H23N. The van der Waals surface area contributed by atoms with Gasteiger partial charge in [-0.3, -0.25) is 0 Å². The summed E-state index contributed by atoms with van der Waals surface area (Å²) in [6, 6.07) is 0.415. The second kappa shape index (κ2) is 6.20. The molecule has 13 heavy (non-hydrogen) atoms. The van der Waals surface area contributed by atoms with Crippen LogP contribution in [-0.2, 0) is 0 Å². The first-order chi connectivity index (χ1) is 6.33. The van der Waals surface area contributed by atoms with Crippen molar-refractivity contribution in [3.05, 3.63) is 12.7 Å². The van der Waals surface area contributed by atoms with Gasteiger partial charge in [0.2, 0.25) is 0 Å². The maximum Gasteiger partial charge on any atom is 0.00418 e. The number of hydrogen-bond acceptors (Lipinski definition) is 1. The molecule has 0 radical (unpaired) electrons. The Morgan fingerprint density at radius 1 is 1.31 bits per heavy atom. The minimum Gasteiger partial charge on any atom is -0.328 e. The van der Waals surface area contributed by atoms with E-state index in [0.717, 1.165) is 18.8 Å². The van der Waals surface area contributed by atoms with Gasteiger partial charge < -0.3 is 5.73 Å². The van der Waals surface area contributed by atoms with Crippen LogP contribution in [0.2, 0.25) is 0 Å². The highest BCUT2D eigenvalue weighted by Crippen LogP contribution is 2.29. The Morgan fingerprint density at radius 3 is 2.62 bits per heavy atom. The van der Waals surface area contributed by atoms with Gasteiger partial charge in [0.1, 0.15) is 0 Å². The third-order valence-corrected chi connectivity index (χ3v) is 3.16. The lowest BCUT2D eigenvalue weighted by atomic mass is 9.97. The molecule has 1 aliphatic rings. The molecule has 1 atom stereocenters.